The zero-order chi connectivity index (χ0) is 11.7. The normalized spacial score (nSPS) is 10.4. The second-order valence-corrected chi connectivity index (χ2v) is 3.52. The molecule has 0 aliphatic rings. The summed E-state index contributed by atoms with van der Waals surface area (Å²) in [5.41, 5.74) is -0.487. The van der Waals surface area contributed by atoms with E-state index in [9.17, 15) is 14.0 Å². The smallest absolute Gasteiger partial charge is 0.313 e. The van der Waals surface area contributed by atoms with Crippen molar-refractivity contribution in [1.82, 2.24) is 9.97 Å². The van der Waals surface area contributed by atoms with Crippen molar-refractivity contribution in [2.45, 2.75) is 0 Å². The van der Waals surface area contributed by atoms with Gasteiger partial charge in [-0.3, -0.25) is 9.78 Å². The van der Waals surface area contributed by atoms with E-state index in [2.05, 4.69) is 9.97 Å². The van der Waals surface area contributed by atoms with Crippen LogP contribution >= 0.6 is 11.6 Å². The van der Waals surface area contributed by atoms with E-state index in [4.69, 9.17) is 11.6 Å². The van der Waals surface area contributed by atoms with E-state index >= 15 is 0 Å². The summed E-state index contributed by atoms with van der Waals surface area (Å²) in [4.78, 5) is 26.6. The van der Waals surface area contributed by atoms with Gasteiger partial charge in [-0.05, 0) is 17.7 Å². The van der Waals surface area contributed by atoms with Crippen molar-refractivity contribution in [3.63, 3.8) is 0 Å². The molecule has 0 atom stereocenters. The highest BCUT2D eigenvalue weighted by molar-refractivity contribution is 6.31. The van der Waals surface area contributed by atoms with Crippen LogP contribution in [0, 0.1) is 5.82 Å². The monoisotopic (exact) mass is 240 g/mol. The first-order valence-corrected chi connectivity index (χ1v) is 4.73. The van der Waals surface area contributed by atoms with Crippen LogP contribution in [0.25, 0.3) is 11.1 Å². The van der Waals surface area contributed by atoms with E-state index in [1.807, 2.05) is 0 Å². The summed E-state index contributed by atoms with van der Waals surface area (Å²) < 4.78 is 12.9. The van der Waals surface area contributed by atoms with Crippen molar-refractivity contribution in [3.05, 3.63) is 56.1 Å². The van der Waals surface area contributed by atoms with Gasteiger partial charge < -0.3 is 4.98 Å². The van der Waals surface area contributed by atoms with Gasteiger partial charge in [0.25, 0.3) is 5.56 Å². The summed E-state index contributed by atoms with van der Waals surface area (Å²) in [5.74, 6) is -0.564. The van der Waals surface area contributed by atoms with Gasteiger partial charge in [-0.2, -0.15) is 0 Å². The first-order chi connectivity index (χ1) is 7.58. The molecule has 0 spiro atoms. The first kappa shape index (κ1) is 10.6. The standard InChI is InChI=1S/C10H6ClFN2O2/c11-7-3-5(1-2-8(7)12)6-4-13-10(16)14-9(6)15/h1-4H,(H2,13,14,15,16). The molecule has 2 aromatic rings. The Morgan fingerprint density at radius 3 is 2.62 bits per heavy atom. The molecule has 16 heavy (non-hydrogen) atoms. The van der Waals surface area contributed by atoms with Gasteiger partial charge >= 0.3 is 5.69 Å². The number of benzene rings is 1. The lowest BCUT2D eigenvalue weighted by Gasteiger charge is -2.00. The largest absolute Gasteiger partial charge is 0.325 e. The SMILES string of the molecule is O=c1[nH]cc(-c2ccc(F)c(Cl)c2)c(=O)[nH]1. The minimum Gasteiger partial charge on any atom is -0.313 e. The third-order valence-corrected chi connectivity index (χ3v) is 2.34. The van der Waals surface area contributed by atoms with E-state index in [1.165, 1.54) is 18.3 Å². The summed E-state index contributed by atoms with van der Waals surface area (Å²) in [7, 11) is 0. The Balaban J connectivity index is 2.63. The average molecular weight is 241 g/mol. The maximum Gasteiger partial charge on any atom is 0.325 e. The van der Waals surface area contributed by atoms with E-state index < -0.39 is 17.1 Å². The maximum atomic E-state index is 12.9. The van der Waals surface area contributed by atoms with E-state index in [1.54, 1.807) is 0 Å². The first-order valence-electron chi connectivity index (χ1n) is 4.35. The van der Waals surface area contributed by atoms with Crippen LogP contribution in [-0.2, 0) is 0 Å². The van der Waals surface area contributed by atoms with Crippen LogP contribution in [0.4, 0.5) is 4.39 Å². The Kier molecular flexibility index (Phi) is 2.62. The summed E-state index contributed by atoms with van der Waals surface area (Å²) in [5, 5.41) is -0.0805. The molecule has 2 N–H and O–H groups in total. The molecule has 82 valence electrons. The van der Waals surface area contributed by atoms with Gasteiger partial charge in [0.05, 0.1) is 10.6 Å². The Bertz CT molecular complexity index is 648. The van der Waals surface area contributed by atoms with E-state index in [0.717, 1.165) is 6.07 Å². The number of H-pyrrole nitrogens is 2. The van der Waals surface area contributed by atoms with Gasteiger partial charge in [0.1, 0.15) is 5.82 Å². The zero-order valence-electron chi connectivity index (χ0n) is 7.88. The van der Waals surface area contributed by atoms with E-state index in [0.29, 0.717) is 5.56 Å². The lowest BCUT2D eigenvalue weighted by atomic mass is 10.1. The van der Waals surface area contributed by atoms with Crippen LogP contribution in [-0.4, -0.2) is 9.97 Å². The van der Waals surface area contributed by atoms with Gasteiger partial charge in [0.2, 0.25) is 0 Å². The molecule has 0 unspecified atom stereocenters. The van der Waals surface area contributed by atoms with Crippen molar-refractivity contribution in [2.24, 2.45) is 0 Å². The van der Waals surface area contributed by atoms with Gasteiger partial charge in [0, 0.05) is 6.20 Å². The molecule has 1 aromatic carbocycles. The molecule has 0 bridgehead atoms. The second-order valence-electron chi connectivity index (χ2n) is 3.11. The number of hydrogen-bond donors (Lipinski definition) is 2. The number of nitrogens with one attached hydrogen (secondary N) is 2. The maximum absolute atomic E-state index is 12.9. The molecular weight excluding hydrogens is 235 g/mol. The van der Waals surface area contributed by atoms with Gasteiger partial charge in [-0.25, -0.2) is 9.18 Å². The fourth-order valence-electron chi connectivity index (χ4n) is 1.29. The highest BCUT2D eigenvalue weighted by Gasteiger charge is 2.06. The lowest BCUT2D eigenvalue weighted by molar-refractivity contribution is 0.628. The van der Waals surface area contributed by atoms with Crippen molar-refractivity contribution < 1.29 is 4.39 Å². The highest BCUT2D eigenvalue weighted by Crippen LogP contribution is 2.21. The quantitative estimate of drug-likeness (QED) is 0.794. The molecule has 0 amide bonds. The fraction of sp³-hybridized carbons (Fsp3) is 0. The van der Waals surface area contributed by atoms with Crippen LogP contribution in [0.3, 0.4) is 0 Å². The molecular formula is C10H6ClFN2O2. The van der Waals surface area contributed by atoms with E-state index in [-0.39, 0.29) is 10.6 Å². The second kappa shape index (κ2) is 3.94. The number of aromatic nitrogens is 2. The Labute approximate surface area is 93.7 Å². The molecule has 0 saturated carbocycles. The summed E-state index contributed by atoms with van der Waals surface area (Å²) in [6, 6.07) is 3.88. The number of rotatable bonds is 1. The van der Waals surface area contributed by atoms with Crippen LogP contribution in [0.1, 0.15) is 0 Å². The lowest BCUT2D eigenvalue weighted by Crippen LogP contribution is -2.22. The highest BCUT2D eigenvalue weighted by atomic mass is 35.5. The van der Waals surface area contributed by atoms with Gasteiger partial charge in [-0.1, -0.05) is 17.7 Å². The summed E-state index contributed by atoms with van der Waals surface area (Å²) >= 11 is 5.59. The summed E-state index contributed by atoms with van der Waals surface area (Å²) in [6.07, 6.45) is 1.25. The predicted molar refractivity (Wildman–Crippen MR) is 58.1 cm³/mol. The third-order valence-electron chi connectivity index (χ3n) is 2.05. The average Bonchev–Trinajstić information content (AvgIpc) is 2.22. The van der Waals surface area contributed by atoms with Crippen molar-refractivity contribution in [2.75, 3.05) is 0 Å². The number of aromatic amines is 2. The number of hydrogen-bond acceptors (Lipinski definition) is 2. The van der Waals surface area contributed by atoms with Crippen molar-refractivity contribution >= 4 is 11.6 Å². The minimum atomic E-state index is -0.595. The summed E-state index contributed by atoms with van der Waals surface area (Å²) in [6.45, 7) is 0. The fourth-order valence-corrected chi connectivity index (χ4v) is 1.47. The molecule has 4 nitrogen and oxygen atoms in total. The van der Waals surface area contributed by atoms with Gasteiger partial charge in [-0.15, -0.1) is 0 Å². The van der Waals surface area contributed by atoms with Gasteiger partial charge in [0.15, 0.2) is 0 Å². The van der Waals surface area contributed by atoms with Crippen molar-refractivity contribution in [3.8, 4) is 11.1 Å². The van der Waals surface area contributed by atoms with Crippen LogP contribution in [0.2, 0.25) is 5.02 Å². The Morgan fingerprint density at radius 1 is 1.25 bits per heavy atom. The molecule has 0 aliphatic carbocycles. The predicted octanol–water partition coefficient (Wildman–Crippen LogP) is 1.52. The molecule has 2 rings (SSSR count). The Morgan fingerprint density at radius 2 is 2.00 bits per heavy atom. The molecule has 0 saturated heterocycles. The molecule has 6 heteroatoms. The molecule has 0 aliphatic heterocycles. The molecule has 1 heterocycles. The molecule has 1 aromatic heterocycles. The topological polar surface area (TPSA) is 65.7 Å². The van der Waals surface area contributed by atoms with Crippen LogP contribution in [0.5, 0.6) is 0 Å². The Hall–Kier alpha value is -1.88. The van der Waals surface area contributed by atoms with Crippen molar-refractivity contribution in [1.29, 1.82) is 0 Å². The number of halogens is 2. The zero-order valence-corrected chi connectivity index (χ0v) is 8.64. The molecule has 0 radical (unpaired) electrons. The molecule has 0 fully saturated rings. The van der Waals surface area contributed by atoms with Crippen LogP contribution in [0.15, 0.2) is 34.0 Å². The minimum absolute atomic E-state index is 0.0805. The van der Waals surface area contributed by atoms with Crippen LogP contribution < -0.4 is 11.2 Å². The third kappa shape index (κ3) is 1.90.